The number of carbonyl (C=O) groups is 2. The summed E-state index contributed by atoms with van der Waals surface area (Å²) >= 11 is 0. The van der Waals surface area contributed by atoms with Gasteiger partial charge in [-0.05, 0) is 49.2 Å². The number of hydrogen-bond donors (Lipinski definition) is 1. The highest BCUT2D eigenvalue weighted by atomic mass is 32.2. The molecule has 0 aliphatic carbocycles. The predicted molar refractivity (Wildman–Crippen MR) is 159 cm³/mol. The van der Waals surface area contributed by atoms with Crippen molar-refractivity contribution in [1.82, 2.24) is 10.2 Å². The summed E-state index contributed by atoms with van der Waals surface area (Å²) in [4.78, 5) is 28.8. The van der Waals surface area contributed by atoms with Crippen LogP contribution in [-0.4, -0.2) is 57.1 Å². The van der Waals surface area contributed by atoms with Crippen molar-refractivity contribution in [3.63, 3.8) is 0 Å². The quantitative estimate of drug-likeness (QED) is 0.265. The van der Waals surface area contributed by atoms with Gasteiger partial charge in [0.25, 0.3) is 0 Å². The number of nitrogens with zero attached hydrogens (tertiary/aromatic N) is 2. The second-order valence-corrected chi connectivity index (χ2v) is 11.6. The third kappa shape index (κ3) is 9.31. The van der Waals surface area contributed by atoms with E-state index in [4.69, 9.17) is 4.74 Å². The van der Waals surface area contributed by atoms with Gasteiger partial charge in [-0.2, -0.15) is 0 Å². The number of ether oxygens (including phenoxy) is 1. The first kappa shape index (κ1) is 31.6. The van der Waals surface area contributed by atoms with Crippen LogP contribution in [0.3, 0.4) is 0 Å². The van der Waals surface area contributed by atoms with E-state index in [0.29, 0.717) is 18.9 Å². The first-order chi connectivity index (χ1) is 19.6. The van der Waals surface area contributed by atoms with Crippen LogP contribution in [0.4, 0.5) is 10.1 Å². The van der Waals surface area contributed by atoms with Crippen LogP contribution in [0.25, 0.3) is 0 Å². The van der Waals surface area contributed by atoms with Crippen molar-refractivity contribution in [3.8, 4) is 5.75 Å². The van der Waals surface area contributed by atoms with Gasteiger partial charge < -0.3 is 15.0 Å². The lowest BCUT2D eigenvalue weighted by Gasteiger charge is -2.33. The summed E-state index contributed by atoms with van der Waals surface area (Å²) in [6.07, 6.45) is 2.80. The Balaban J connectivity index is 2.02. The number of benzene rings is 3. The van der Waals surface area contributed by atoms with Crippen molar-refractivity contribution < 1.29 is 27.1 Å². The van der Waals surface area contributed by atoms with Crippen molar-refractivity contribution in [3.05, 3.63) is 95.8 Å². The molecule has 3 rings (SSSR count). The molecule has 0 unspecified atom stereocenters. The molecule has 220 valence electrons. The first-order valence-electron chi connectivity index (χ1n) is 13.7. The van der Waals surface area contributed by atoms with Gasteiger partial charge in [0.15, 0.2) is 0 Å². The summed E-state index contributed by atoms with van der Waals surface area (Å²) in [6.45, 7) is 3.91. The van der Waals surface area contributed by atoms with Crippen LogP contribution in [-0.2, 0) is 32.6 Å². The molecule has 8 nitrogen and oxygen atoms in total. The normalized spacial score (nSPS) is 11.9. The van der Waals surface area contributed by atoms with E-state index in [1.54, 1.807) is 42.5 Å². The van der Waals surface area contributed by atoms with Crippen molar-refractivity contribution in [1.29, 1.82) is 0 Å². The monoisotopic (exact) mass is 583 g/mol. The summed E-state index contributed by atoms with van der Waals surface area (Å²) in [6, 6.07) is 20.6. The Morgan fingerprint density at radius 1 is 0.951 bits per heavy atom. The zero-order valence-electron chi connectivity index (χ0n) is 23.8. The largest absolute Gasteiger partial charge is 0.494 e. The number of halogens is 1. The molecule has 1 N–H and O–H groups in total. The molecular formula is C31H38FN3O5S. The van der Waals surface area contributed by atoms with Crippen molar-refractivity contribution in [2.24, 2.45) is 0 Å². The zero-order chi connectivity index (χ0) is 29.8. The average molecular weight is 584 g/mol. The highest BCUT2D eigenvalue weighted by Crippen LogP contribution is 2.23. The molecule has 0 aliphatic rings. The fraction of sp³-hybridized carbons (Fsp3) is 0.355. The minimum absolute atomic E-state index is 0.168. The number of carbonyl (C=O) groups excluding carboxylic acids is 2. The van der Waals surface area contributed by atoms with Gasteiger partial charge in [0.2, 0.25) is 21.8 Å². The van der Waals surface area contributed by atoms with Crippen LogP contribution < -0.4 is 14.4 Å². The fourth-order valence-corrected chi connectivity index (χ4v) is 5.21. The molecule has 0 radical (unpaired) electrons. The smallest absolute Gasteiger partial charge is 0.244 e. The number of rotatable bonds is 15. The predicted octanol–water partition coefficient (Wildman–Crippen LogP) is 4.55. The molecule has 2 amide bonds. The fourth-order valence-electron chi connectivity index (χ4n) is 4.36. The van der Waals surface area contributed by atoms with Crippen LogP contribution >= 0.6 is 0 Å². The van der Waals surface area contributed by atoms with E-state index in [9.17, 15) is 22.4 Å². The molecule has 3 aromatic rings. The van der Waals surface area contributed by atoms with Gasteiger partial charge in [-0.1, -0.05) is 61.9 Å². The number of amides is 2. The molecule has 0 fully saturated rings. The van der Waals surface area contributed by atoms with Gasteiger partial charge in [0.05, 0.1) is 18.6 Å². The topological polar surface area (TPSA) is 96.0 Å². The second-order valence-electron chi connectivity index (χ2n) is 9.66. The Morgan fingerprint density at radius 2 is 1.61 bits per heavy atom. The molecule has 0 bridgehead atoms. The van der Waals surface area contributed by atoms with E-state index in [1.165, 1.54) is 11.0 Å². The van der Waals surface area contributed by atoms with Gasteiger partial charge in [-0.25, -0.2) is 12.8 Å². The lowest BCUT2D eigenvalue weighted by Crippen LogP contribution is -2.53. The maximum absolute atomic E-state index is 14.8. The first-order valence-corrected chi connectivity index (χ1v) is 15.5. The molecule has 0 saturated heterocycles. The van der Waals surface area contributed by atoms with E-state index in [0.717, 1.165) is 29.0 Å². The Kier molecular flexibility index (Phi) is 11.7. The van der Waals surface area contributed by atoms with Gasteiger partial charge >= 0.3 is 0 Å². The molecule has 1 atom stereocenters. The highest BCUT2D eigenvalue weighted by Gasteiger charge is 2.33. The van der Waals surface area contributed by atoms with E-state index < -0.39 is 34.3 Å². The van der Waals surface area contributed by atoms with Crippen molar-refractivity contribution in [2.45, 2.75) is 45.7 Å². The highest BCUT2D eigenvalue weighted by molar-refractivity contribution is 7.92. The Bertz CT molecular complexity index is 1380. The summed E-state index contributed by atoms with van der Waals surface area (Å²) in [5, 5.41) is 2.90. The molecule has 10 heteroatoms. The lowest BCUT2D eigenvalue weighted by molar-refractivity contribution is -0.140. The van der Waals surface area contributed by atoms with Crippen LogP contribution in [0, 0.1) is 5.82 Å². The maximum Gasteiger partial charge on any atom is 0.244 e. The molecule has 41 heavy (non-hydrogen) atoms. The third-order valence-electron chi connectivity index (χ3n) is 6.51. The molecule has 3 aromatic carbocycles. The standard InChI is InChI=1S/C31H38FN3O5S/c1-4-6-20-33-31(37)29(21-24-12-8-7-9-13-24)34(22-25-14-10-11-15-28(25)32)30(36)23-35(41(3,38)39)26-16-18-27(19-17-26)40-5-2/h7-19,29H,4-6,20-23H2,1-3H3,(H,33,37)/t29-/m1/s1. The second kappa shape index (κ2) is 15.2. The molecule has 0 saturated carbocycles. The summed E-state index contributed by atoms with van der Waals surface area (Å²) in [5.74, 6) is -0.997. The summed E-state index contributed by atoms with van der Waals surface area (Å²) in [5.41, 5.74) is 1.29. The van der Waals surface area contributed by atoms with Gasteiger partial charge in [0.1, 0.15) is 24.2 Å². The molecule has 0 spiro atoms. The Hall–Kier alpha value is -3.92. The Labute approximate surface area is 242 Å². The molecule has 0 aliphatic heterocycles. The van der Waals surface area contributed by atoms with E-state index in [1.807, 2.05) is 44.2 Å². The van der Waals surface area contributed by atoms with Crippen LogP contribution in [0.15, 0.2) is 78.9 Å². The van der Waals surface area contributed by atoms with Crippen LogP contribution in [0.1, 0.15) is 37.8 Å². The summed E-state index contributed by atoms with van der Waals surface area (Å²) in [7, 11) is -3.90. The van der Waals surface area contributed by atoms with E-state index >= 15 is 0 Å². The number of sulfonamides is 1. The molecular weight excluding hydrogens is 545 g/mol. The summed E-state index contributed by atoms with van der Waals surface area (Å²) < 4.78 is 47.0. The number of anilines is 1. The van der Waals surface area contributed by atoms with Crippen molar-refractivity contribution in [2.75, 3.05) is 30.3 Å². The minimum Gasteiger partial charge on any atom is -0.494 e. The van der Waals surface area contributed by atoms with Gasteiger partial charge in [-0.15, -0.1) is 0 Å². The molecule has 0 aromatic heterocycles. The van der Waals surface area contributed by atoms with Gasteiger partial charge in [0, 0.05) is 25.1 Å². The number of hydrogen-bond acceptors (Lipinski definition) is 5. The van der Waals surface area contributed by atoms with E-state index in [2.05, 4.69) is 5.32 Å². The van der Waals surface area contributed by atoms with Crippen LogP contribution in [0.5, 0.6) is 5.75 Å². The number of unbranched alkanes of at least 4 members (excludes halogenated alkanes) is 1. The Morgan fingerprint density at radius 3 is 2.22 bits per heavy atom. The third-order valence-corrected chi connectivity index (χ3v) is 7.65. The van der Waals surface area contributed by atoms with Gasteiger partial charge in [-0.3, -0.25) is 13.9 Å². The van der Waals surface area contributed by atoms with E-state index in [-0.39, 0.29) is 30.1 Å². The average Bonchev–Trinajstić information content (AvgIpc) is 2.95. The number of nitrogens with one attached hydrogen (secondary N) is 1. The maximum atomic E-state index is 14.8. The SMILES string of the molecule is CCCCNC(=O)[C@@H](Cc1ccccc1)N(Cc1ccccc1F)C(=O)CN(c1ccc(OCC)cc1)S(C)(=O)=O. The molecule has 0 heterocycles. The minimum atomic E-state index is -3.90. The van der Waals surface area contributed by atoms with Crippen LogP contribution in [0.2, 0.25) is 0 Å². The zero-order valence-corrected chi connectivity index (χ0v) is 24.6. The van der Waals surface area contributed by atoms with Crippen molar-refractivity contribution >= 4 is 27.5 Å². The lowest BCUT2D eigenvalue weighted by atomic mass is 10.0.